The average molecular weight is 253 g/mol. The molecule has 1 rings (SSSR count). The van der Waals surface area contributed by atoms with Gasteiger partial charge < -0.3 is 19.9 Å². The van der Waals surface area contributed by atoms with Crippen LogP contribution in [0.1, 0.15) is 19.4 Å². The van der Waals surface area contributed by atoms with Gasteiger partial charge in [-0.15, -0.1) is 0 Å². The fraction of sp³-hybridized carbons (Fsp3) is 0.462. The molecular weight excluding hydrogens is 234 g/mol. The number of aliphatic hydroxyl groups is 1. The number of carbonyl (C=O) groups excluding carboxylic acids is 1. The van der Waals surface area contributed by atoms with Crippen LogP contribution in [-0.4, -0.2) is 30.5 Å². The molecule has 0 aliphatic heterocycles. The van der Waals surface area contributed by atoms with Crippen LogP contribution in [0.25, 0.3) is 0 Å². The summed E-state index contributed by atoms with van der Waals surface area (Å²) >= 11 is 0. The number of nitrogens with one attached hydrogen (secondary N) is 1. The largest absolute Gasteiger partial charge is 0.491 e. The van der Waals surface area contributed by atoms with E-state index in [4.69, 9.17) is 14.6 Å². The van der Waals surface area contributed by atoms with Crippen molar-refractivity contribution in [2.24, 2.45) is 0 Å². The van der Waals surface area contributed by atoms with Gasteiger partial charge in [-0.2, -0.15) is 0 Å². The van der Waals surface area contributed by atoms with Crippen LogP contribution in [0.2, 0.25) is 0 Å². The molecule has 5 nitrogen and oxygen atoms in total. The number of carbonyl (C=O) groups is 1. The molecule has 2 N–H and O–H groups in total. The number of alkyl carbamates (subject to hydrolysis) is 1. The van der Waals surface area contributed by atoms with Crippen molar-refractivity contribution in [2.45, 2.75) is 26.6 Å². The van der Waals surface area contributed by atoms with Crippen molar-refractivity contribution < 1.29 is 19.4 Å². The van der Waals surface area contributed by atoms with Gasteiger partial charge in [-0.1, -0.05) is 12.1 Å². The highest BCUT2D eigenvalue weighted by atomic mass is 16.5. The van der Waals surface area contributed by atoms with E-state index in [0.717, 1.165) is 11.3 Å². The second-order valence-electron chi connectivity index (χ2n) is 4.04. The lowest BCUT2D eigenvalue weighted by Gasteiger charge is -2.10. The third kappa shape index (κ3) is 5.54. The molecule has 0 aromatic heterocycles. The Hall–Kier alpha value is -1.75. The molecular formula is C13H19NO4. The van der Waals surface area contributed by atoms with E-state index in [1.54, 1.807) is 0 Å². The molecule has 100 valence electrons. The van der Waals surface area contributed by atoms with E-state index in [2.05, 4.69) is 5.32 Å². The molecule has 0 heterocycles. The third-order valence-corrected chi connectivity index (χ3v) is 2.05. The van der Waals surface area contributed by atoms with E-state index in [0.29, 0.717) is 0 Å². The zero-order valence-corrected chi connectivity index (χ0v) is 10.7. The zero-order valence-electron chi connectivity index (χ0n) is 10.7. The summed E-state index contributed by atoms with van der Waals surface area (Å²) in [6, 6.07) is 7.36. The van der Waals surface area contributed by atoms with E-state index in [-0.39, 0.29) is 25.9 Å². The Bertz CT molecular complexity index is 362. The molecule has 0 fully saturated rings. The molecule has 5 heteroatoms. The molecule has 1 aromatic rings. The molecule has 0 spiro atoms. The van der Waals surface area contributed by atoms with Crippen molar-refractivity contribution in [3.63, 3.8) is 0 Å². The van der Waals surface area contributed by atoms with Crippen LogP contribution in [0.5, 0.6) is 5.75 Å². The summed E-state index contributed by atoms with van der Waals surface area (Å²) in [5.74, 6) is 0.790. The standard InChI is InChI=1S/C13H19NO4/c1-10(2)18-12-5-3-11(4-6-12)9-17-13(16)14-7-8-15/h3-6,10,15H,7-9H2,1-2H3,(H,14,16). The minimum Gasteiger partial charge on any atom is -0.491 e. The maximum absolute atomic E-state index is 11.1. The van der Waals surface area contributed by atoms with Crippen LogP contribution in [0.3, 0.4) is 0 Å². The van der Waals surface area contributed by atoms with Crippen LogP contribution in [0.15, 0.2) is 24.3 Å². The number of amides is 1. The van der Waals surface area contributed by atoms with Crippen LogP contribution < -0.4 is 10.1 Å². The Labute approximate surface area is 107 Å². The lowest BCUT2D eigenvalue weighted by atomic mass is 10.2. The van der Waals surface area contributed by atoms with E-state index >= 15 is 0 Å². The second-order valence-corrected chi connectivity index (χ2v) is 4.04. The van der Waals surface area contributed by atoms with Gasteiger partial charge in [0.1, 0.15) is 12.4 Å². The van der Waals surface area contributed by atoms with Gasteiger partial charge in [0.05, 0.1) is 12.7 Å². The van der Waals surface area contributed by atoms with Gasteiger partial charge in [-0.25, -0.2) is 4.79 Å². The van der Waals surface area contributed by atoms with Gasteiger partial charge >= 0.3 is 6.09 Å². The highest BCUT2D eigenvalue weighted by Gasteiger charge is 2.02. The molecule has 1 amide bonds. The molecule has 1 aromatic carbocycles. The smallest absolute Gasteiger partial charge is 0.407 e. The van der Waals surface area contributed by atoms with E-state index in [1.165, 1.54) is 0 Å². The minimum absolute atomic E-state index is 0.101. The number of aliphatic hydroxyl groups excluding tert-OH is 1. The quantitative estimate of drug-likeness (QED) is 0.809. The lowest BCUT2D eigenvalue weighted by Crippen LogP contribution is -2.26. The van der Waals surface area contributed by atoms with E-state index in [9.17, 15) is 4.79 Å². The maximum Gasteiger partial charge on any atom is 0.407 e. The molecule has 0 saturated carbocycles. The molecule has 0 saturated heterocycles. The Morgan fingerprint density at radius 2 is 2.00 bits per heavy atom. The second kappa shape index (κ2) is 7.55. The summed E-state index contributed by atoms with van der Waals surface area (Å²) in [4.78, 5) is 11.1. The molecule has 0 unspecified atom stereocenters. The fourth-order valence-corrected chi connectivity index (χ4v) is 1.29. The Morgan fingerprint density at radius 1 is 1.33 bits per heavy atom. The number of rotatable bonds is 6. The van der Waals surface area contributed by atoms with Gasteiger partial charge in [0, 0.05) is 6.54 Å². The summed E-state index contributed by atoms with van der Waals surface area (Å²) in [7, 11) is 0. The van der Waals surface area contributed by atoms with Crippen molar-refractivity contribution in [3.05, 3.63) is 29.8 Å². The Balaban J connectivity index is 2.37. The van der Waals surface area contributed by atoms with Gasteiger partial charge in [0.2, 0.25) is 0 Å². The normalized spacial score (nSPS) is 10.2. The topological polar surface area (TPSA) is 67.8 Å². The number of hydrogen-bond acceptors (Lipinski definition) is 4. The lowest BCUT2D eigenvalue weighted by molar-refractivity contribution is 0.137. The Kier molecular flexibility index (Phi) is 6.00. The van der Waals surface area contributed by atoms with Crippen LogP contribution in [-0.2, 0) is 11.3 Å². The minimum atomic E-state index is -0.536. The van der Waals surface area contributed by atoms with E-state index in [1.807, 2.05) is 38.1 Å². The first kappa shape index (κ1) is 14.3. The van der Waals surface area contributed by atoms with Crippen molar-refractivity contribution in [3.8, 4) is 5.75 Å². The highest BCUT2D eigenvalue weighted by Crippen LogP contribution is 2.14. The summed E-state index contributed by atoms with van der Waals surface area (Å²) in [6.45, 7) is 4.21. The molecule has 0 atom stereocenters. The zero-order chi connectivity index (χ0) is 13.4. The van der Waals surface area contributed by atoms with Crippen LogP contribution in [0.4, 0.5) is 4.79 Å². The average Bonchev–Trinajstić information content (AvgIpc) is 2.35. The summed E-state index contributed by atoms with van der Waals surface area (Å²) in [6.07, 6.45) is -0.400. The third-order valence-electron chi connectivity index (χ3n) is 2.05. The molecule has 0 aliphatic carbocycles. The monoisotopic (exact) mass is 253 g/mol. The highest BCUT2D eigenvalue weighted by molar-refractivity contribution is 5.67. The Morgan fingerprint density at radius 3 is 2.56 bits per heavy atom. The van der Waals surface area contributed by atoms with Crippen molar-refractivity contribution in [1.29, 1.82) is 0 Å². The summed E-state index contributed by atoms with van der Waals surface area (Å²) < 4.78 is 10.4. The van der Waals surface area contributed by atoms with Crippen molar-refractivity contribution >= 4 is 6.09 Å². The SMILES string of the molecule is CC(C)Oc1ccc(COC(=O)NCCO)cc1. The first-order chi connectivity index (χ1) is 8.61. The predicted molar refractivity (Wildman–Crippen MR) is 67.5 cm³/mol. The molecule has 18 heavy (non-hydrogen) atoms. The number of hydrogen-bond donors (Lipinski definition) is 2. The van der Waals surface area contributed by atoms with Crippen molar-refractivity contribution in [2.75, 3.05) is 13.2 Å². The summed E-state index contributed by atoms with van der Waals surface area (Å²) in [5.41, 5.74) is 0.880. The number of benzene rings is 1. The first-order valence-corrected chi connectivity index (χ1v) is 5.89. The van der Waals surface area contributed by atoms with E-state index < -0.39 is 6.09 Å². The van der Waals surface area contributed by atoms with Crippen LogP contribution in [0, 0.1) is 0 Å². The number of ether oxygens (including phenoxy) is 2. The molecule has 0 aliphatic rings. The van der Waals surface area contributed by atoms with Gasteiger partial charge in [0.15, 0.2) is 0 Å². The maximum atomic E-state index is 11.1. The molecule has 0 bridgehead atoms. The molecule has 0 radical (unpaired) electrons. The fourth-order valence-electron chi connectivity index (χ4n) is 1.29. The van der Waals surface area contributed by atoms with Crippen LogP contribution >= 0.6 is 0 Å². The van der Waals surface area contributed by atoms with Gasteiger partial charge in [-0.05, 0) is 31.5 Å². The summed E-state index contributed by atoms with van der Waals surface area (Å²) in [5, 5.41) is 10.9. The van der Waals surface area contributed by atoms with Gasteiger partial charge in [-0.3, -0.25) is 0 Å². The first-order valence-electron chi connectivity index (χ1n) is 5.89. The predicted octanol–water partition coefficient (Wildman–Crippen LogP) is 1.69. The van der Waals surface area contributed by atoms with Gasteiger partial charge in [0.25, 0.3) is 0 Å². The van der Waals surface area contributed by atoms with Crippen molar-refractivity contribution in [1.82, 2.24) is 5.32 Å².